The number of anilines is 1. The quantitative estimate of drug-likeness (QED) is 0.477. The van der Waals surface area contributed by atoms with Crippen LogP contribution in [0.4, 0.5) is 10.2 Å². The fourth-order valence-electron chi connectivity index (χ4n) is 1.98. The molecular formula is C15H16FN3O4S. The molecule has 0 bridgehead atoms. The first kappa shape index (κ1) is 18.0. The van der Waals surface area contributed by atoms with Crippen LogP contribution < -0.4 is 15.2 Å². The lowest BCUT2D eigenvalue weighted by Crippen LogP contribution is -2.15. The SMILES string of the molecule is CC[S+]([O-])c1ncc(C(=O)c2c(F)cc(OC)cc2OC)c(N)n1. The van der Waals surface area contributed by atoms with Gasteiger partial charge in [-0.15, -0.1) is 0 Å². The Bertz CT molecular complexity index is 773. The van der Waals surface area contributed by atoms with Crippen molar-refractivity contribution in [2.24, 2.45) is 0 Å². The van der Waals surface area contributed by atoms with Gasteiger partial charge >= 0.3 is 5.16 Å². The van der Waals surface area contributed by atoms with Gasteiger partial charge in [-0.25, -0.2) is 4.39 Å². The molecule has 1 aromatic carbocycles. The molecule has 0 spiro atoms. The zero-order valence-electron chi connectivity index (χ0n) is 13.3. The molecule has 0 aliphatic carbocycles. The number of ether oxygens (including phenoxy) is 2. The minimum Gasteiger partial charge on any atom is -0.609 e. The van der Waals surface area contributed by atoms with Crippen LogP contribution in [0.15, 0.2) is 23.5 Å². The number of nitrogen functional groups attached to an aromatic ring is 1. The summed E-state index contributed by atoms with van der Waals surface area (Å²) >= 11 is -1.41. The Balaban J connectivity index is 2.50. The Labute approximate surface area is 141 Å². The second kappa shape index (κ2) is 7.45. The summed E-state index contributed by atoms with van der Waals surface area (Å²) in [5, 5.41) is 0.0220. The van der Waals surface area contributed by atoms with Gasteiger partial charge in [0, 0.05) is 29.5 Å². The van der Waals surface area contributed by atoms with Gasteiger partial charge in [0.25, 0.3) is 0 Å². The number of nitrogens with two attached hydrogens (primary N) is 1. The molecule has 0 aliphatic rings. The Morgan fingerprint density at radius 3 is 2.62 bits per heavy atom. The van der Waals surface area contributed by atoms with E-state index in [4.69, 9.17) is 15.2 Å². The van der Waals surface area contributed by atoms with Crippen LogP contribution >= 0.6 is 0 Å². The molecule has 9 heteroatoms. The molecule has 1 heterocycles. The molecule has 1 unspecified atom stereocenters. The highest BCUT2D eigenvalue weighted by molar-refractivity contribution is 7.91. The van der Waals surface area contributed by atoms with E-state index in [0.717, 1.165) is 12.3 Å². The maximum atomic E-state index is 14.3. The largest absolute Gasteiger partial charge is 0.609 e. The average molecular weight is 353 g/mol. The maximum absolute atomic E-state index is 14.3. The standard InChI is InChI=1S/C15H16FN3O4S/c1-4-24(21)15-18-7-9(14(17)19-15)13(20)12-10(16)5-8(22-2)6-11(12)23-3/h5-7H,4H2,1-3H3,(H2,17,18,19). The van der Waals surface area contributed by atoms with Crippen molar-refractivity contribution < 1.29 is 23.2 Å². The first-order valence-corrected chi connectivity index (χ1v) is 8.21. The molecule has 0 radical (unpaired) electrons. The maximum Gasteiger partial charge on any atom is 0.344 e. The topological polar surface area (TPSA) is 110 Å². The third kappa shape index (κ3) is 3.41. The molecule has 1 aromatic heterocycles. The van der Waals surface area contributed by atoms with Gasteiger partial charge in [0.05, 0.1) is 19.8 Å². The first-order chi connectivity index (χ1) is 11.4. The smallest absolute Gasteiger partial charge is 0.344 e. The zero-order valence-corrected chi connectivity index (χ0v) is 14.1. The van der Waals surface area contributed by atoms with Crippen molar-refractivity contribution in [3.8, 4) is 11.5 Å². The molecule has 24 heavy (non-hydrogen) atoms. The third-order valence-corrected chi connectivity index (χ3v) is 4.35. The van der Waals surface area contributed by atoms with Gasteiger partial charge in [-0.1, -0.05) is 0 Å². The summed E-state index contributed by atoms with van der Waals surface area (Å²) < 4.78 is 36.0. The normalized spacial score (nSPS) is 11.9. The van der Waals surface area contributed by atoms with E-state index >= 15 is 0 Å². The fourth-order valence-corrected chi connectivity index (χ4v) is 2.61. The van der Waals surface area contributed by atoms with Crippen molar-refractivity contribution in [1.29, 1.82) is 0 Å². The average Bonchev–Trinajstić information content (AvgIpc) is 2.59. The van der Waals surface area contributed by atoms with Gasteiger partial charge in [0.1, 0.15) is 34.5 Å². The summed E-state index contributed by atoms with van der Waals surface area (Å²) in [7, 11) is 2.67. The summed E-state index contributed by atoms with van der Waals surface area (Å²) in [6.07, 6.45) is 1.14. The van der Waals surface area contributed by atoms with Gasteiger partial charge in [-0.3, -0.25) is 4.79 Å². The van der Waals surface area contributed by atoms with Crippen LogP contribution in [0.1, 0.15) is 22.8 Å². The first-order valence-electron chi connectivity index (χ1n) is 6.90. The molecule has 0 amide bonds. The molecule has 2 aromatic rings. The number of carbonyl (C=O) groups is 1. The van der Waals surface area contributed by atoms with E-state index in [1.165, 1.54) is 20.3 Å². The van der Waals surface area contributed by atoms with Crippen LogP contribution in [0.5, 0.6) is 11.5 Å². The second-order valence-corrected chi connectivity index (χ2v) is 6.23. The Hall–Kier alpha value is -2.39. The number of nitrogens with zero attached hydrogens (tertiary/aromatic N) is 2. The summed E-state index contributed by atoms with van der Waals surface area (Å²) in [5.74, 6) is -1.22. The Morgan fingerprint density at radius 1 is 1.38 bits per heavy atom. The van der Waals surface area contributed by atoms with Crippen LogP contribution in [-0.2, 0) is 11.2 Å². The lowest BCUT2D eigenvalue weighted by Gasteiger charge is -2.12. The van der Waals surface area contributed by atoms with Crippen LogP contribution in [0.3, 0.4) is 0 Å². The van der Waals surface area contributed by atoms with Crippen LogP contribution in [0, 0.1) is 5.82 Å². The van der Waals surface area contributed by atoms with E-state index in [1.54, 1.807) is 6.92 Å². The molecule has 2 N–H and O–H groups in total. The Morgan fingerprint density at radius 2 is 2.08 bits per heavy atom. The molecule has 0 saturated carbocycles. The fraction of sp³-hybridized carbons (Fsp3) is 0.267. The number of ketones is 1. The Kier molecular flexibility index (Phi) is 5.58. The molecule has 2 rings (SSSR count). The van der Waals surface area contributed by atoms with Crippen molar-refractivity contribution in [3.63, 3.8) is 0 Å². The van der Waals surface area contributed by atoms with Crippen LogP contribution in [0.2, 0.25) is 0 Å². The highest BCUT2D eigenvalue weighted by atomic mass is 32.2. The number of aromatic nitrogens is 2. The highest BCUT2D eigenvalue weighted by Gasteiger charge is 2.25. The van der Waals surface area contributed by atoms with Crippen molar-refractivity contribution in [2.75, 3.05) is 25.7 Å². The van der Waals surface area contributed by atoms with Gasteiger partial charge in [-0.05, 0) is 6.92 Å². The number of halogens is 1. The molecular weight excluding hydrogens is 337 g/mol. The van der Waals surface area contributed by atoms with E-state index in [1.807, 2.05) is 0 Å². The van der Waals surface area contributed by atoms with Crippen LogP contribution in [0.25, 0.3) is 0 Å². The van der Waals surface area contributed by atoms with E-state index in [9.17, 15) is 13.7 Å². The lowest BCUT2D eigenvalue weighted by molar-refractivity contribution is 0.103. The molecule has 7 nitrogen and oxygen atoms in total. The summed E-state index contributed by atoms with van der Waals surface area (Å²) in [4.78, 5) is 20.4. The van der Waals surface area contributed by atoms with E-state index in [0.29, 0.717) is 5.75 Å². The number of hydrogen-bond donors (Lipinski definition) is 1. The summed E-state index contributed by atoms with van der Waals surface area (Å²) in [5.41, 5.74) is 5.35. The van der Waals surface area contributed by atoms with E-state index in [2.05, 4.69) is 9.97 Å². The summed E-state index contributed by atoms with van der Waals surface area (Å²) in [6, 6.07) is 2.45. The number of rotatable bonds is 6. The van der Waals surface area contributed by atoms with Gasteiger partial charge in [0.15, 0.2) is 0 Å². The molecule has 0 aliphatic heterocycles. The van der Waals surface area contributed by atoms with Crippen molar-refractivity contribution >= 4 is 22.8 Å². The monoisotopic (exact) mass is 353 g/mol. The molecule has 128 valence electrons. The highest BCUT2D eigenvalue weighted by Crippen LogP contribution is 2.30. The second-order valence-electron chi connectivity index (χ2n) is 4.60. The number of benzene rings is 1. The van der Waals surface area contributed by atoms with Crippen molar-refractivity contribution in [2.45, 2.75) is 12.1 Å². The lowest BCUT2D eigenvalue weighted by atomic mass is 10.0. The van der Waals surface area contributed by atoms with Crippen molar-refractivity contribution in [1.82, 2.24) is 9.97 Å². The number of hydrogen-bond acceptors (Lipinski definition) is 7. The van der Waals surface area contributed by atoms with Gasteiger partial charge < -0.3 is 19.8 Å². The minimum atomic E-state index is -1.41. The predicted molar refractivity (Wildman–Crippen MR) is 86.3 cm³/mol. The molecule has 1 atom stereocenters. The van der Waals surface area contributed by atoms with Crippen molar-refractivity contribution in [3.05, 3.63) is 35.3 Å². The number of methoxy groups -OCH3 is 2. The predicted octanol–water partition coefficient (Wildman–Crippen LogP) is 1.57. The van der Waals surface area contributed by atoms with E-state index in [-0.39, 0.29) is 33.6 Å². The minimum absolute atomic E-state index is 0.00235. The van der Waals surface area contributed by atoms with Crippen LogP contribution in [-0.4, -0.2) is 40.3 Å². The zero-order chi connectivity index (χ0) is 17.9. The van der Waals surface area contributed by atoms with E-state index < -0.39 is 22.8 Å². The number of carbonyl (C=O) groups excluding carboxylic acids is 1. The van der Waals surface area contributed by atoms with Gasteiger partial charge in [0.2, 0.25) is 5.78 Å². The molecule has 0 fully saturated rings. The third-order valence-electron chi connectivity index (χ3n) is 3.22. The van der Waals surface area contributed by atoms with Gasteiger partial charge in [-0.2, -0.15) is 9.97 Å². The summed E-state index contributed by atoms with van der Waals surface area (Å²) in [6.45, 7) is 1.70. The molecule has 0 saturated heterocycles.